The smallest absolute Gasteiger partial charge is 0.177 e. The van der Waals surface area contributed by atoms with E-state index < -0.39 is 0 Å². The number of aliphatic hydroxyl groups is 1. The van der Waals surface area contributed by atoms with Gasteiger partial charge in [-0.05, 0) is 46.6 Å². The highest BCUT2D eigenvalue weighted by Gasteiger charge is 2.11. The van der Waals surface area contributed by atoms with Crippen LogP contribution in [0.15, 0.2) is 46.9 Å². The van der Waals surface area contributed by atoms with Crippen LogP contribution in [0.3, 0.4) is 0 Å². The molecule has 0 aliphatic carbocycles. The molecule has 0 fully saturated rings. The van der Waals surface area contributed by atoms with Crippen LogP contribution < -0.4 is 4.74 Å². The van der Waals surface area contributed by atoms with Crippen molar-refractivity contribution in [1.29, 1.82) is 0 Å². The molecule has 0 unspecified atom stereocenters. The second-order valence-electron chi connectivity index (χ2n) is 3.42. The topological polar surface area (TPSA) is 29.5 Å². The van der Waals surface area contributed by atoms with Crippen LogP contribution in [0, 0.1) is 12.7 Å². The molecular formula is C14H14BrFO2. The van der Waals surface area contributed by atoms with Gasteiger partial charge in [0.2, 0.25) is 0 Å². The van der Waals surface area contributed by atoms with Gasteiger partial charge < -0.3 is 9.84 Å². The fourth-order valence-electron chi connectivity index (χ4n) is 1.33. The quantitative estimate of drug-likeness (QED) is 0.896. The molecule has 2 rings (SSSR count). The van der Waals surface area contributed by atoms with Crippen LogP contribution >= 0.6 is 15.9 Å². The lowest BCUT2D eigenvalue weighted by atomic mass is 10.2. The monoisotopic (exact) mass is 312 g/mol. The molecular weight excluding hydrogens is 299 g/mol. The molecule has 0 atom stereocenters. The molecule has 96 valence electrons. The predicted molar refractivity (Wildman–Crippen MR) is 73.5 cm³/mol. The van der Waals surface area contributed by atoms with Gasteiger partial charge in [-0.25, -0.2) is 4.39 Å². The largest absolute Gasteiger partial charge is 0.453 e. The Balaban J connectivity index is 0.000000771. The Kier molecular flexibility index (Phi) is 5.82. The fourth-order valence-corrected chi connectivity index (χ4v) is 1.73. The highest BCUT2D eigenvalue weighted by atomic mass is 79.9. The maximum absolute atomic E-state index is 13.6. The highest BCUT2D eigenvalue weighted by Crippen LogP contribution is 2.34. The number of hydrogen-bond acceptors (Lipinski definition) is 2. The van der Waals surface area contributed by atoms with Crippen LogP contribution in [-0.4, -0.2) is 12.2 Å². The minimum absolute atomic E-state index is 0.228. The number of aryl methyl sites for hydroxylation is 1. The first-order chi connectivity index (χ1) is 8.68. The number of aliphatic hydroxyl groups excluding tert-OH is 1. The summed E-state index contributed by atoms with van der Waals surface area (Å²) in [5, 5.41) is 7.00. The summed E-state index contributed by atoms with van der Waals surface area (Å²) in [5.74, 6) is 0.472. The number of rotatable bonds is 2. The number of halogens is 2. The molecule has 2 nitrogen and oxygen atoms in total. The van der Waals surface area contributed by atoms with E-state index in [2.05, 4.69) is 15.9 Å². The molecule has 1 N–H and O–H groups in total. The fraction of sp³-hybridized carbons (Fsp3) is 0.143. The Labute approximate surface area is 114 Å². The normalized spacial score (nSPS) is 9.39. The third-order valence-electron chi connectivity index (χ3n) is 2.21. The third kappa shape index (κ3) is 3.55. The first kappa shape index (κ1) is 14.7. The molecule has 0 saturated heterocycles. The molecule has 0 saturated carbocycles. The molecule has 0 spiro atoms. The van der Waals surface area contributed by atoms with Gasteiger partial charge in [-0.15, -0.1) is 0 Å². The maximum atomic E-state index is 13.6. The van der Waals surface area contributed by atoms with Crippen molar-refractivity contribution in [3.05, 3.63) is 58.3 Å². The van der Waals surface area contributed by atoms with E-state index in [9.17, 15) is 4.39 Å². The van der Waals surface area contributed by atoms with Crippen molar-refractivity contribution in [2.45, 2.75) is 6.92 Å². The molecule has 2 aromatic rings. The van der Waals surface area contributed by atoms with Gasteiger partial charge in [0, 0.05) is 7.11 Å². The molecule has 2 aromatic carbocycles. The zero-order valence-electron chi connectivity index (χ0n) is 10.2. The SMILES string of the molecule is CO.Cc1ccc(F)c(Oc2ccccc2)c1Br. The minimum Gasteiger partial charge on any atom is -0.453 e. The summed E-state index contributed by atoms with van der Waals surface area (Å²) in [6.45, 7) is 1.89. The van der Waals surface area contributed by atoms with Gasteiger partial charge in [-0.3, -0.25) is 0 Å². The van der Waals surface area contributed by atoms with Gasteiger partial charge in [0.15, 0.2) is 11.6 Å². The minimum atomic E-state index is -0.374. The molecule has 0 heterocycles. The standard InChI is InChI=1S/C13H10BrFO.CH4O/c1-9-7-8-11(15)13(12(9)14)16-10-5-3-2-4-6-10;1-2/h2-8H,1H3;2H,1H3. The van der Waals surface area contributed by atoms with E-state index in [0.717, 1.165) is 12.7 Å². The van der Waals surface area contributed by atoms with E-state index in [-0.39, 0.29) is 11.6 Å². The Bertz CT molecular complexity index is 501. The lowest BCUT2D eigenvalue weighted by molar-refractivity contribution is 0.399. The second-order valence-corrected chi connectivity index (χ2v) is 4.22. The summed E-state index contributed by atoms with van der Waals surface area (Å²) in [6, 6.07) is 12.3. The zero-order chi connectivity index (χ0) is 13.5. The van der Waals surface area contributed by atoms with Crippen molar-refractivity contribution >= 4 is 15.9 Å². The van der Waals surface area contributed by atoms with E-state index in [1.165, 1.54) is 6.07 Å². The molecule has 0 aliphatic heterocycles. The molecule has 18 heavy (non-hydrogen) atoms. The maximum Gasteiger partial charge on any atom is 0.177 e. The molecule has 0 amide bonds. The van der Waals surface area contributed by atoms with Crippen molar-refractivity contribution in [2.24, 2.45) is 0 Å². The highest BCUT2D eigenvalue weighted by molar-refractivity contribution is 9.10. The average Bonchev–Trinajstić information content (AvgIpc) is 2.43. The van der Waals surface area contributed by atoms with Crippen molar-refractivity contribution in [3.8, 4) is 11.5 Å². The molecule has 0 radical (unpaired) electrons. The van der Waals surface area contributed by atoms with Gasteiger partial charge >= 0.3 is 0 Å². The number of benzene rings is 2. The van der Waals surface area contributed by atoms with Crippen molar-refractivity contribution < 1.29 is 14.2 Å². The third-order valence-corrected chi connectivity index (χ3v) is 3.19. The Morgan fingerprint density at radius 3 is 2.28 bits per heavy atom. The van der Waals surface area contributed by atoms with E-state index in [1.807, 2.05) is 25.1 Å². The van der Waals surface area contributed by atoms with Crippen LogP contribution in [0.4, 0.5) is 4.39 Å². The Hall–Kier alpha value is -1.39. The van der Waals surface area contributed by atoms with E-state index in [4.69, 9.17) is 9.84 Å². The summed E-state index contributed by atoms with van der Waals surface area (Å²) >= 11 is 3.32. The van der Waals surface area contributed by atoms with Crippen molar-refractivity contribution in [1.82, 2.24) is 0 Å². The van der Waals surface area contributed by atoms with Gasteiger partial charge in [0.25, 0.3) is 0 Å². The molecule has 0 bridgehead atoms. The first-order valence-electron chi connectivity index (χ1n) is 5.30. The van der Waals surface area contributed by atoms with Crippen LogP contribution in [-0.2, 0) is 0 Å². The van der Waals surface area contributed by atoms with Crippen LogP contribution in [0.25, 0.3) is 0 Å². The first-order valence-corrected chi connectivity index (χ1v) is 6.10. The Morgan fingerprint density at radius 1 is 1.06 bits per heavy atom. The van der Waals surface area contributed by atoms with Gasteiger partial charge in [0.05, 0.1) is 4.47 Å². The lowest BCUT2D eigenvalue weighted by Gasteiger charge is -2.10. The van der Waals surface area contributed by atoms with Crippen molar-refractivity contribution in [2.75, 3.05) is 7.11 Å². The number of para-hydroxylation sites is 1. The van der Waals surface area contributed by atoms with Crippen molar-refractivity contribution in [3.63, 3.8) is 0 Å². The van der Waals surface area contributed by atoms with E-state index in [0.29, 0.717) is 10.2 Å². The lowest BCUT2D eigenvalue weighted by Crippen LogP contribution is -1.91. The molecule has 0 aromatic heterocycles. The van der Waals surface area contributed by atoms with Gasteiger partial charge in [-0.1, -0.05) is 24.3 Å². The Morgan fingerprint density at radius 2 is 1.67 bits per heavy atom. The summed E-state index contributed by atoms with van der Waals surface area (Å²) in [5.41, 5.74) is 0.937. The second kappa shape index (κ2) is 7.13. The van der Waals surface area contributed by atoms with Gasteiger partial charge in [-0.2, -0.15) is 0 Å². The summed E-state index contributed by atoms with van der Waals surface area (Å²) in [4.78, 5) is 0. The molecule has 4 heteroatoms. The summed E-state index contributed by atoms with van der Waals surface area (Å²) in [7, 11) is 1.00. The van der Waals surface area contributed by atoms with E-state index in [1.54, 1.807) is 18.2 Å². The predicted octanol–water partition coefficient (Wildman–Crippen LogP) is 4.30. The number of ether oxygens (including phenoxy) is 1. The average molecular weight is 313 g/mol. The van der Waals surface area contributed by atoms with Crippen LogP contribution in [0.5, 0.6) is 11.5 Å². The zero-order valence-corrected chi connectivity index (χ0v) is 11.7. The van der Waals surface area contributed by atoms with E-state index >= 15 is 0 Å². The van der Waals surface area contributed by atoms with Gasteiger partial charge in [0.1, 0.15) is 5.75 Å². The van der Waals surface area contributed by atoms with Crippen LogP contribution in [0.1, 0.15) is 5.56 Å². The summed E-state index contributed by atoms with van der Waals surface area (Å²) < 4.78 is 19.7. The van der Waals surface area contributed by atoms with Crippen LogP contribution in [0.2, 0.25) is 0 Å². The summed E-state index contributed by atoms with van der Waals surface area (Å²) in [6.07, 6.45) is 0. The molecule has 0 aliphatic rings. The number of hydrogen-bond donors (Lipinski definition) is 1.